The van der Waals surface area contributed by atoms with Gasteiger partial charge in [-0.25, -0.2) is 4.90 Å². The van der Waals surface area contributed by atoms with Gasteiger partial charge in [0.2, 0.25) is 0 Å². The highest BCUT2D eigenvalue weighted by molar-refractivity contribution is 6.21. The Bertz CT molecular complexity index is 852. The Morgan fingerprint density at radius 3 is 1.63 bits per heavy atom. The minimum Gasteiger partial charge on any atom is -0.473 e. The molecule has 0 unspecified atom stereocenters. The van der Waals surface area contributed by atoms with E-state index in [0.29, 0.717) is 17.0 Å². The van der Waals surface area contributed by atoms with Crippen LogP contribution in [0.5, 0.6) is 5.75 Å². The average molecular weight is 389 g/mol. The quantitative estimate of drug-likeness (QED) is 0.579. The van der Waals surface area contributed by atoms with Gasteiger partial charge in [0.15, 0.2) is 6.73 Å². The van der Waals surface area contributed by atoms with Crippen molar-refractivity contribution in [1.29, 1.82) is 0 Å². The number of amides is 2. The summed E-state index contributed by atoms with van der Waals surface area (Å²) >= 11 is 0. The highest BCUT2D eigenvalue weighted by atomic mass is 19.4. The summed E-state index contributed by atoms with van der Waals surface area (Å²) in [5.74, 6) is -2.27. The van der Waals surface area contributed by atoms with Crippen molar-refractivity contribution in [3.8, 4) is 5.75 Å². The van der Waals surface area contributed by atoms with Gasteiger partial charge in [0.25, 0.3) is 11.8 Å². The van der Waals surface area contributed by atoms with E-state index in [1.165, 1.54) is 24.3 Å². The summed E-state index contributed by atoms with van der Waals surface area (Å²) in [6.07, 6.45) is -10.1. The average Bonchev–Trinajstić information content (AvgIpc) is 2.83. The molecule has 2 aromatic carbocycles. The number of ether oxygens (including phenoxy) is 1. The third-order valence-corrected chi connectivity index (χ3v) is 3.80. The van der Waals surface area contributed by atoms with Gasteiger partial charge >= 0.3 is 12.4 Å². The molecule has 0 bridgehead atoms. The zero-order valence-corrected chi connectivity index (χ0v) is 13.2. The van der Waals surface area contributed by atoms with E-state index in [-0.39, 0.29) is 17.2 Å². The summed E-state index contributed by atoms with van der Waals surface area (Å²) in [6.45, 7) is -0.828. The molecule has 0 radical (unpaired) electrons. The molecule has 0 saturated heterocycles. The molecule has 0 spiro atoms. The first-order valence-electron chi connectivity index (χ1n) is 7.36. The van der Waals surface area contributed by atoms with Crippen LogP contribution in [0, 0.1) is 0 Å². The van der Waals surface area contributed by atoms with E-state index in [1.54, 1.807) is 0 Å². The molecule has 2 amide bonds. The van der Waals surface area contributed by atoms with Crippen molar-refractivity contribution in [1.82, 2.24) is 4.90 Å². The summed E-state index contributed by atoms with van der Waals surface area (Å²) in [5.41, 5.74) is -2.97. The summed E-state index contributed by atoms with van der Waals surface area (Å²) in [5, 5.41) is 0. The maximum Gasteiger partial charge on any atom is 0.416 e. The molecule has 1 aliphatic heterocycles. The maximum atomic E-state index is 12.8. The van der Waals surface area contributed by atoms with Crippen molar-refractivity contribution in [3.63, 3.8) is 0 Å². The van der Waals surface area contributed by atoms with E-state index in [9.17, 15) is 35.9 Å². The molecular formula is C17H9F6NO3. The molecule has 27 heavy (non-hydrogen) atoms. The van der Waals surface area contributed by atoms with Crippen molar-refractivity contribution in [3.05, 3.63) is 64.7 Å². The fourth-order valence-electron chi connectivity index (χ4n) is 2.51. The van der Waals surface area contributed by atoms with E-state index < -0.39 is 47.8 Å². The normalized spacial score (nSPS) is 14.5. The monoisotopic (exact) mass is 389 g/mol. The zero-order chi connectivity index (χ0) is 20.0. The minimum atomic E-state index is -5.03. The highest BCUT2D eigenvalue weighted by Gasteiger charge is 2.38. The van der Waals surface area contributed by atoms with E-state index in [4.69, 9.17) is 4.74 Å². The predicted molar refractivity (Wildman–Crippen MR) is 78.9 cm³/mol. The van der Waals surface area contributed by atoms with Gasteiger partial charge in [0, 0.05) is 0 Å². The van der Waals surface area contributed by atoms with E-state index in [1.807, 2.05) is 0 Å². The number of carbonyl (C=O) groups excluding carboxylic acids is 2. The van der Waals surface area contributed by atoms with Gasteiger partial charge in [-0.2, -0.15) is 26.3 Å². The van der Waals surface area contributed by atoms with Crippen LogP contribution in [0.2, 0.25) is 0 Å². The smallest absolute Gasteiger partial charge is 0.416 e. The number of hydrogen-bond acceptors (Lipinski definition) is 3. The molecule has 3 rings (SSSR count). The zero-order valence-electron chi connectivity index (χ0n) is 13.2. The molecule has 1 aliphatic rings. The fraction of sp³-hybridized carbons (Fsp3) is 0.176. The van der Waals surface area contributed by atoms with Crippen LogP contribution in [-0.2, 0) is 12.4 Å². The number of hydrogen-bond donors (Lipinski definition) is 0. The van der Waals surface area contributed by atoms with Crippen LogP contribution in [0.3, 0.4) is 0 Å². The first-order valence-corrected chi connectivity index (χ1v) is 7.36. The van der Waals surface area contributed by atoms with Crippen molar-refractivity contribution in [2.24, 2.45) is 0 Å². The molecule has 142 valence electrons. The summed E-state index contributed by atoms with van der Waals surface area (Å²) in [6, 6.07) is 6.46. The number of imide groups is 1. The van der Waals surface area contributed by atoms with Gasteiger partial charge < -0.3 is 4.74 Å². The third kappa shape index (κ3) is 3.60. The standard InChI is InChI=1S/C17H9F6NO3/c18-16(19,20)9-5-10(17(21,22)23)7-11(6-9)27-8-24-14(25)12-3-1-2-4-13(12)15(24)26/h1-7H,8H2. The van der Waals surface area contributed by atoms with Gasteiger partial charge in [-0.05, 0) is 30.3 Å². The number of rotatable bonds is 3. The van der Waals surface area contributed by atoms with Crippen molar-refractivity contribution in [2.45, 2.75) is 12.4 Å². The molecule has 2 aromatic rings. The molecule has 0 atom stereocenters. The van der Waals surface area contributed by atoms with Crippen LogP contribution in [0.25, 0.3) is 0 Å². The number of halogens is 6. The van der Waals surface area contributed by atoms with E-state index in [0.717, 1.165) is 0 Å². The number of nitrogens with zero attached hydrogens (tertiary/aromatic N) is 1. The molecule has 10 heteroatoms. The number of carbonyl (C=O) groups is 2. The largest absolute Gasteiger partial charge is 0.473 e. The Morgan fingerprint density at radius 1 is 0.778 bits per heavy atom. The lowest BCUT2D eigenvalue weighted by atomic mass is 10.1. The van der Waals surface area contributed by atoms with Crippen LogP contribution >= 0.6 is 0 Å². The second-order valence-electron chi connectivity index (χ2n) is 5.60. The molecule has 0 aliphatic carbocycles. The van der Waals surface area contributed by atoms with Gasteiger partial charge in [-0.15, -0.1) is 0 Å². The second-order valence-corrected chi connectivity index (χ2v) is 5.60. The Labute approximate surface area is 147 Å². The SMILES string of the molecule is O=C1c2ccccc2C(=O)N1COc1cc(C(F)(F)F)cc(C(F)(F)F)c1. The number of fused-ring (bicyclic) bond motifs is 1. The topological polar surface area (TPSA) is 46.6 Å². The molecule has 4 nitrogen and oxygen atoms in total. The molecule has 0 fully saturated rings. The van der Waals surface area contributed by atoms with Gasteiger partial charge in [0.1, 0.15) is 5.75 Å². The summed E-state index contributed by atoms with van der Waals surface area (Å²) in [4.78, 5) is 24.9. The van der Waals surface area contributed by atoms with Crippen LogP contribution in [0.1, 0.15) is 31.8 Å². The van der Waals surface area contributed by atoms with Crippen LogP contribution in [-0.4, -0.2) is 23.4 Å². The lowest BCUT2D eigenvalue weighted by Gasteiger charge is -2.17. The van der Waals surface area contributed by atoms with Crippen LogP contribution in [0.4, 0.5) is 26.3 Å². The predicted octanol–water partition coefficient (Wildman–Crippen LogP) is 4.36. The van der Waals surface area contributed by atoms with Crippen molar-refractivity contribution in [2.75, 3.05) is 6.73 Å². The Kier molecular flexibility index (Phi) is 4.37. The van der Waals surface area contributed by atoms with Crippen molar-refractivity contribution < 1.29 is 40.7 Å². The van der Waals surface area contributed by atoms with Gasteiger partial charge in [-0.3, -0.25) is 9.59 Å². The third-order valence-electron chi connectivity index (χ3n) is 3.80. The maximum absolute atomic E-state index is 12.8. The van der Waals surface area contributed by atoms with E-state index >= 15 is 0 Å². The van der Waals surface area contributed by atoms with Gasteiger partial charge in [0.05, 0.1) is 22.3 Å². The molecule has 0 saturated carbocycles. The summed E-state index contributed by atoms with van der Waals surface area (Å²) in [7, 11) is 0. The highest BCUT2D eigenvalue weighted by Crippen LogP contribution is 2.38. The van der Waals surface area contributed by atoms with Crippen LogP contribution in [0.15, 0.2) is 42.5 Å². The molecular weight excluding hydrogens is 380 g/mol. The van der Waals surface area contributed by atoms with Crippen LogP contribution < -0.4 is 4.74 Å². The van der Waals surface area contributed by atoms with Crippen molar-refractivity contribution >= 4 is 11.8 Å². The van der Waals surface area contributed by atoms with E-state index in [2.05, 4.69) is 0 Å². The molecule has 0 aromatic heterocycles. The first-order chi connectivity index (χ1) is 12.5. The summed E-state index contributed by atoms with van der Waals surface area (Å²) < 4.78 is 82.0. The Morgan fingerprint density at radius 2 is 1.22 bits per heavy atom. The number of benzene rings is 2. The Balaban J connectivity index is 1.86. The minimum absolute atomic E-state index is 0.0468. The molecule has 0 N–H and O–H groups in total. The second kappa shape index (κ2) is 6.29. The van der Waals surface area contributed by atoms with Gasteiger partial charge in [-0.1, -0.05) is 12.1 Å². The fourth-order valence-corrected chi connectivity index (χ4v) is 2.51. The molecule has 1 heterocycles. The first kappa shape index (κ1) is 18.7. The number of alkyl halides is 6. The lowest BCUT2D eigenvalue weighted by Crippen LogP contribution is -2.33. The lowest BCUT2D eigenvalue weighted by molar-refractivity contribution is -0.143. The Hall–Kier alpha value is -3.04.